The molecular formula is C23H21F3N8. The van der Waals surface area contributed by atoms with Crippen molar-refractivity contribution in [2.75, 3.05) is 37.6 Å². The van der Waals surface area contributed by atoms with Gasteiger partial charge in [0.2, 0.25) is 0 Å². The van der Waals surface area contributed by atoms with Crippen molar-refractivity contribution in [3.05, 3.63) is 54.7 Å². The number of alkyl halides is 3. The Balaban J connectivity index is 1.44. The summed E-state index contributed by atoms with van der Waals surface area (Å²) in [7, 11) is 1.84. The van der Waals surface area contributed by atoms with Gasteiger partial charge >= 0.3 is 6.18 Å². The number of aryl methyl sites for hydroxylation is 1. The predicted octanol–water partition coefficient (Wildman–Crippen LogP) is 3.35. The molecule has 1 fully saturated rings. The van der Waals surface area contributed by atoms with Crippen LogP contribution < -0.4 is 4.90 Å². The Morgan fingerprint density at radius 3 is 2.38 bits per heavy atom. The fraction of sp³-hybridized carbons (Fsp3) is 0.304. The molecule has 34 heavy (non-hydrogen) atoms. The Labute approximate surface area is 193 Å². The summed E-state index contributed by atoms with van der Waals surface area (Å²) in [5.74, 6) is 0.712. The molecule has 0 bridgehead atoms. The molecular weight excluding hydrogens is 445 g/mol. The van der Waals surface area contributed by atoms with E-state index in [1.165, 1.54) is 11.1 Å². The summed E-state index contributed by atoms with van der Waals surface area (Å²) in [5.41, 5.74) is 4.58. The lowest BCUT2D eigenvalue weighted by Gasteiger charge is -2.35. The van der Waals surface area contributed by atoms with Gasteiger partial charge in [0.25, 0.3) is 0 Å². The summed E-state index contributed by atoms with van der Waals surface area (Å²) in [4.78, 5) is 7.98. The first kappa shape index (κ1) is 21.9. The average molecular weight is 466 g/mol. The minimum atomic E-state index is -4.19. The van der Waals surface area contributed by atoms with Gasteiger partial charge in [-0.15, -0.1) is 0 Å². The zero-order chi connectivity index (χ0) is 23.9. The second-order valence-corrected chi connectivity index (χ2v) is 8.29. The minimum Gasteiger partial charge on any atom is -0.354 e. The molecule has 1 aliphatic heterocycles. The van der Waals surface area contributed by atoms with E-state index < -0.39 is 12.7 Å². The van der Waals surface area contributed by atoms with Gasteiger partial charge in [0.15, 0.2) is 0 Å². The van der Waals surface area contributed by atoms with Gasteiger partial charge in [0.05, 0.1) is 30.0 Å². The minimum absolute atomic E-state index is 0.331. The monoisotopic (exact) mass is 466 g/mol. The first-order valence-electron chi connectivity index (χ1n) is 10.7. The topological polar surface area (TPSA) is 78.3 Å². The molecule has 0 saturated carbocycles. The largest absolute Gasteiger partial charge is 0.401 e. The second kappa shape index (κ2) is 8.46. The van der Waals surface area contributed by atoms with Crippen molar-refractivity contribution < 1.29 is 13.2 Å². The second-order valence-electron chi connectivity index (χ2n) is 8.29. The van der Waals surface area contributed by atoms with Gasteiger partial charge < -0.3 is 4.90 Å². The third-order valence-electron chi connectivity index (χ3n) is 5.93. The number of anilines is 1. The van der Waals surface area contributed by atoms with Crippen LogP contribution in [0, 0.1) is 11.3 Å². The molecule has 0 amide bonds. The van der Waals surface area contributed by atoms with Crippen LogP contribution in [0.25, 0.3) is 27.8 Å². The molecule has 1 saturated heterocycles. The fourth-order valence-electron chi connectivity index (χ4n) is 4.27. The van der Waals surface area contributed by atoms with Crippen LogP contribution in [0.5, 0.6) is 0 Å². The number of nitrogens with zero attached hydrogens (tertiary/aromatic N) is 8. The van der Waals surface area contributed by atoms with Crippen molar-refractivity contribution in [2.45, 2.75) is 6.18 Å². The van der Waals surface area contributed by atoms with Crippen molar-refractivity contribution in [3.8, 4) is 28.3 Å². The number of pyridine rings is 2. The van der Waals surface area contributed by atoms with Crippen LogP contribution in [-0.4, -0.2) is 68.2 Å². The highest BCUT2D eigenvalue weighted by Gasteiger charge is 2.32. The van der Waals surface area contributed by atoms with E-state index in [1.807, 2.05) is 42.5 Å². The molecule has 0 atom stereocenters. The van der Waals surface area contributed by atoms with E-state index in [-0.39, 0.29) is 0 Å². The summed E-state index contributed by atoms with van der Waals surface area (Å²) < 4.78 is 41.3. The first-order chi connectivity index (χ1) is 16.3. The maximum absolute atomic E-state index is 12.6. The van der Waals surface area contributed by atoms with E-state index in [9.17, 15) is 18.4 Å². The molecule has 0 spiro atoms. The zero-order valence-corrected chi connectivity index (χ0v) is 18.4. The highest BCUT2D eigenvalue weighted by molar-refractivity contribution is 5.87. The third kappa shape index (κ3) is 4.32. The molecule has 174 valence electrons. The Bertz CT molecular complexity index is 1360. The molecule has 1 aliphatic rings. The maximum Gasteiger partial charge on any atom is 0.401 e. The SMILES string of the molecule is Cn1cc(-c2cc(-c3ccc(N4CCN(CC(F)(F)F)CC4)nc3)c3c(C#N)cnn3c2)cn1. The van der Waals surface area contributed by atoms with Gasteiger partial charge in [0, 0.05) is 74.1 Å². The molecule has 0 radical (unpaired) electrons. The summed E-state index contributed by atoms with van der Waals surface area (Å²) in [5, 5.41) is 18.2. The Morgan fingerprint density at radius 2 is 1.76 bits per heavy atom. The quantitative estimate of drug-likeness (QED) is 0.459. The number of aromatic nitrogens is 5. The lowest BCUT2D eigenvalue weighted by Crippen LogP contribution is -2.49. The lowest BCUT2D eigenvalue weighted by atomic mass is 10.0. The van der Waals surface area contributed by atoms with E-state index in [4.69, 9.17) is 0 Å². The van der Waals surface area contributed by atoms with Crippen molar-refractivity contribution in [1.82, 2.24) is 29.3 Å². The van der Waals surface area contributed by atoms with E-state index in [0.29, 0.717) is 43.1 Å². The van der Waals surface area contributed by atoms with Crippen molar-refractivity contribution in [1.29, 1.82) is 5.26 Å². The Hall–Kier alpha value is -3.91. The molecule has 4 aromatic heterocycles. The molecule has 0 aromatic carbocycles. The van der Waals surface area contributed by atoms with Crippen LogP contribution >= 0.6 is 0 Å². The number of nitriles is 1. The van der Waals surface area contributed by atoms with Gasteiger partial charge in [-0.25, -0.2) is 9.50 Å². The molecule has 0 N–H and O–H groups in total. The summed E-state index contributed by atoms with van der Waals surface area (Å²) >= 11 is 0. The smallest absolute Gasteiger partial charge is 0.354 e. The maximum atomic E-state index is 12.6. The molecule has 0 aliphatic carbocycles. The molecule has 0 unspecified atom stereocenters. The zero-order valence-electron chi connectivity index (χ0n) is 18.4. The molecule has 8 nitrogen and oxygen atoms in total. The average Bonchev–Trinajstić information content (AvgIpc) is 3.44. The van der Waals surface area contributed by atoms with E-state index in [1.54, 1.807) is 21.6 Å². The number of fused-ring (bicyclic) bond motifs is 1. The van der Waals surface area contributed by atoms with Crippen molar-refractivity contribution in [2.24, 2.45) is 7.05 Å². The number of hydrogen-bond acceptors (Lipinski definition) is 6. The van der Waals surface area contributed by atoms with Crippen LogP contribution in [0.1, 0.15) is 5.56 Å². The van der Waals surface area contributed by atoms with E-state index in [2.05, 4.69) is 21.3 Å². The lowest BCUT2D eigenvalue weighted by molar-refractivity contribution is -0.146. The van der Waals surface area contributed by atoms with Crippen LogP contribution in [0.3, 0.4) is 0 Å². The number of hydrogen-bond donors (Lipinski definition) is 0. The third-order valence-corrected chi connectivity index (χ3v) is 5.93. The summed E-state index contributed by atoms with van der Waals surface area (Å²) in [6.07, 6.45) is 4.60. The van der Waals surface area contributed by atoms with Gasteiger partial charge in [-0.2, -0.15) is 28.6 Å². The van der Waals surface area contributed by atoms with Gasteiger partial charge in [-0.1, -0.05) is 0 Å². The first-order valence-corrected chi connectivity index (χ1v) is 10.7. The standard InChI is InChI=1S/C23H21F3N8/c1-31-13-19(12-29-31)17-8-20(22-18(9-27)11-30-34(22)14-17)16-2-3-21(28-10-16)33-6-4-32(5-7-33)15-23(24,25)26/h2-3,8,10-14H,4-7,15H2,1H3. The van der Waals surface area contributed by atoms with Crippen molar-refractivity contribution >= 4 is 11.3 Å². The van der Waals surface area contributed by atoms with Crippen LogP contribution in [-0.2, 0) is 7.05 Å². The number of rotatable bonds is 4. The predicted molar refractivity (Wildman–Crippen MR) is 120 cm³/mol. The highest BCUT2D eigenvalue weighted by atomic mass is 19.4. The van der Waals surface area contributed by atoms with Gasteiger partial charge in [-0.05, 0) is 18.2 Å². The fourth-order valence-corrected chi connectivity index (χ4v) is 4.27. The van der Waals surface area contributed by atoms with E-state index in [0.717, 1.165) is 22.3 Å². The van der Waals surface area contributed by atoms with Gasteiger partial charge in [0.1, 0.15) is 11.9 Å². The normalized spacial score (nSPS) is 15.1. The number of halogens is 3. The summed E-state index contributed by atoms with van der Waals surface area (Å²) in [6.45, 7) is 0.730. The molecule has 4 aromatic rings. The number of piperazine rings is 1. The molecule has 11 heteroatoms. The molecule has 5 heterocycles. The summed E-state index contributed by atoms with van der Waals surface area (Å²) in [6, 6.07) is 7.96. The van der Waals surface area contributed by atoms with Crippen LogP contribution in [0.4, 0.5) is 19.0 Å². The van der Waals surface area contributed by atoms with Crippen LogP contribution in [0.15, 0.2) is 49.2 Å². The van der Waals surface area contributed by atoms with Crippen molar-refractivity contribution in [3.63, 3.8) is 0 Å². The van der Waals surface area contributed by atoms with Crippen LogP contribution in [0.2, 0.25) is 0 Å². The van der Waals surface area contributed by atoms with E-state index >= 15 is 0 Å². The van der Waals surface area contributed by atoms with Gasteiger partial charge in [-0.3, -0.25) is 9.58 Å². The Kier molecular flexibility index (Phi) is 5.45. The highest BCUT2D eigenvalue weighted by Crippen LogP contribution is 2.32. The Morgan fingerprint density at radius 1 is 0.971 bits per heavy atom. The molecule has 5 rings (SSSR count).